The van der Waals surface area contributed by atoms with Gasteiger partial charge in [0.15, 0.2) is 0 Å². The van der Waals surface area contributed by atoms with E-state index in [1.165, 1.54) is 16.2 Å². The molecule has 6 nitrogen and oxygen atoms in total. The van der Waals surface area contributed by atoms with Gasteiger partial charge in [-0.3, -0.25) is 14.6 Å². The zero-order valence-electron chi connectivity index (χ0n) is 16.8. The Morgan fingerprint density at radius 3 is 2.77 bits per heavy atom. The highest BCUT2D eigenvalue weighted by Gasteiger charge is 2.46. The zero-order chi connectivity index (χ0) is 21.5. The second kappa shape index (κ2) is 7.67. The number of rotatable bonds is 4. The lowest BCUT2D eigenvalue weighted by molar-refractivity contribution is -0.140. The lowest BCUT2D eigenvalue weighted by Crippen LogP contribution is -2.28. The maximum Gasteiger partial charge on any atom is 0.295 e. The van der Waals surface area contributed by atoms with E-state index in [0.29, 0.717) is 12.1 Å². The standard InChI is InChI=1S/C24H20N2O4S/c1-14-11-17-12-16(4-5-19(17)30-14)22(27)20-21(15-6-8-25-9-7-15)26(24(29)23(20)28)13-18-3-2-10-31-18/h2-10,12,14,21,27H,11,13H2,1H3/b22-20-. The van der Waals surface area contributed by atoms with E-state index in [9.17, 15) is 14.7 Å². The van der Waals surface area contributed by atoms with Crippen LogP contribution in [0.4, 0.5) is 0 Å². The Balaban J connectivity index is 1.62. The van der Waals surface area contributed by atoms with E-state index in [0.717, 1.165) is 28.2 Å². The number of Topliss-reactive ketones (excluding diaryl/α,β-unsaturated/α-hetero) is 1. The predicted octanol–water partition coefficient (Wildman–Crippen LogP) is 4.09. The zero-order valence-corrected chi connectivity index (χ0v) is 17.6. The van der Waals surface area contributed by atoms with Crippen LogP contribution < -0.4 is 4.74 Å². The summed E-state index contributed by atoms with van der Waals surface area (Å²) < 4.78 is 5.74. The van der Waals surface area contributed by atoms with E-state index >= 15 is 0 Å². The molecule has 0 aliphatic carbocycles. The highest BCUT2D eigenvalue weighted by molar-refractivity contribution is 7.09. The Hall–Kier alpha value is -3.45. The third-order valence-corrected chi connectivity index (χ3v) is 6.50. The molecule has 0 saturated carbocycles. The average Bonchev–Trinajstić information content (AvgIpc) is 3.48. The van der Waals surface area contributed by atoms with Crippen LogP contribution >= 0.6 is 11.3 Å². The number of aromatic nitrogens is 1. The Bertz CT molecular complexity index is 1190. The van der Waals surface area contributed by atoms with E-state index in [2.05, 4.69) is 4.98 Å². The Labute approximate surface area is 183 Å². The smallest absolute Gasteiger partial charge is 0.295 e. The summed E-state index contributed by atoms with van der Waals surface area (Å²) in [6.45, 7) is 2.28. The fraction of sp³-hybridized carbons (Fsp3) is 0.208. The first-order chi connectivity index (χ1) is 15.0. The second-order valence-electron chi connectivity index (χ2n) is 7.74. The molecule has 1 aromatic carbocycles. The topological polar surface area (TPSA) is 79.7 Å². The summed E-state index contributed by atoms with van der Waals surface area (Å²) in [5, 5.41) is 13.1. The SMILES string of the molecule is CC1Cc2cc(/C(O)=C3/C(=O)C(=O)N(Cc4cccs4)C3c3ccncc3)ccc2O1. The summed E-state index contributed by atoms with van der Waals surface area (Å²) in [6, 6.07) is 12.0. The number of aliphatic hydroxyl groups is 1. The number of hydrogen-bond donors (Lipinski definition) is 1. The Morgan fingerprint density at radius 2 is 2.03 bits per heavy atom. The number of carbonyl (C=O) groups excluding carboxylic acids is 2. The van der Waals surface area contributed by atoms with Crippen molar-refractivity contribution in [2.75, 3.05) is 0 Å². The minimum absolute atomic E-state index is 0.0700. The van der Waals surface area contributed by atoms with Gasteiger partial charge in [0.2, 0.25) is 0 Å². The minimum atomic E-state index is -0.687. The molecule has 1 saturated heterocycles. The molecular formula is C24H20N2O4S. The number of carbonyl (C=O) groups is 2. The van der Waals surface area contributed by atoms with Gasteiger partial charge < -0.3 is 14.7 Å². The number of amides is 1. The highest BCUT2D eigenvalue weighted by atomic mass is 32.1. The van der Waals surface area contributed by atoms with Crippen molar-refractivity contribution >= 4 is 28.8 Å². The number of hydrogen-bond acceptors (Lipinski definition) is 6. The first kappa shape index (κ1) is 19.5. The molecule has 0 bridgehead atoms. The lowest BCUT2D eigenvalue weighted by Gasteiger charge is -2.24. The van der Waals surface area contributed by atoms with Crippen molar-refractivity contribution < 1.29 is 19.4 Å². The molecule has 2 atom stereocenters. The summed E-state index contributed by atoms with van der Waals surface area (Å²) in [7, 11) is 0. The fourth-order valence-corrected chi connectivity index (χ4v) is 4.93. The average molecular weight is 433 g/mol. The third-order valence-electron chi connectivity index (χ3n) is 5.64. The van der Waals surface area contributed by atoms with Crippen molar-refractivity contribution in [3.8, 4) is 5.75 Å². The summed E-state index contributed by atoms with van der Waals surface area (Å²) in [4.78, 5) is 32.6. The molecule has 2 aliphatic heterocycles. The number of pyridine rings is 1. The molecule has 3 aromatic rings. The van der Waals surface area contributed by atoms with Crippen molar-refractivity contribution in [3.63, 3.8) is 0 Å². The van der Waals surface area contributed by atoms with Gasteiger partial charge in [0.1, 0.15) is 17.6 Å². The van der Waals surface area contributed by atoms with Crippen molar-refractivity contribution in [1.82, 2.24) is 9.88 Å². The normalized spacial score (nSPS) is 21.9. The summed E-state index contributed by atoms with van der Waals surface area (Å²) in [5.41, 5.74) is 2.31. The number of ketones is 1. The van der Waals surface area contributed by atoms with E-state index < -0.39 is 17.7 Å². The van der Waals surface area contributed by atoms with Gasteiger partial charge in [-0.05, 0) is 59.8 Å². The third kappa shape index (κ3) is 3.41. The number of ether oxygens (including phenoxy) is 1. The molecule has 2 aromatic heterocycles. The van der Waals surface area contributed by atoms with Gasteiger partial charge in [-0.25, -0.2) is 0 Å². The predicted molar refractivity (Wildman–Crippen MR) is 117 cm³/mol. The number of likely N-dealkylation sites (tertiary alicyclic amines) is 1. The number of fused-ring (bicyclic) bond motifs is 1. The molecule has 156 valence electrons. The van der Waals surface area contributed by atoms with Crippen molar-refractivity contribution in [1.29, 1.82) is 0 Å². The van der Waals surface area contributed by atoms with Crippen molar-refractivity contribution in [3.05, 3.63) is 87.4 Å². The van der Waals surface area contributed by atoms with E-state index in [4.69, 9.17) is 4.74 Å². The van der Waals surface area contributed by atoms with Crippen LogP contribution in [0, 0.1) is 0 Å². The molecule has 31 heavy (non-hydrogen) atoms. The van der Waals surface area contributed by atoms with E-state index in [1.807, 2.05) is 30.5 Å². The van der Waals surface area contributed by atoms with Crippen LogP contribution in [0.1, 0.15) is 34.5 Å². The number of nitrogens with zero attached hydrogens (tertiary/aromatic N) is 2. The summed E-state index contributed by atoms with van der Waals surface area (Å²) in [5.74, 6) is -0.681. The quantitative estimate of drug-likeness (QED) is 0.382. The maximum atomic E-state index is 13.1. The summed E-state index contributed by atoms with van der Waals surface area (Å²) >= 11 is 1.52. The van der Waals surface area contributed by atoms with E-state index in [-0.39, 0.29) is 17.4 Å². The van der Waals surface area contributed by atoms with Crippen molar-refractivity contribution in [2.24, 2.45) is 0 Å². The fourth-order valence-electron chi connectivity index (χ4n) is 4.23. The molecule has 5 rings (SSSR count). The van der Waals surface area contributed by atoms with Crippen LogP contribution in [0.5, 0.6) is 5.75 Å². The van der Waals surface area contributed by atoms with Gasteiger partial charge in [0, 0.05) is 29.3 Å². The van der Waals surface area contributed by atoms with Crippen LogP contribution in [0.2, 0.25) is 0 Å². The first-order valence-corrected chi connectivity index (χ1v) is 10.9. The van der Waals surface area contributed by atoms with Crippen LogP contribution in [0.25, 0.3) is 5.76 Å². The molecule has 1 amide bonds. The van der Waals surface area contributed by atoms with Gasteiger partial charge in [-0.2, -0.15) is 0 Å². The van der Waals surface area contributed by atoms with Gasteiger partial charge in [-0.1, -0.05) is 6.07 Å². The molecule has 1 fully saturated rings. The molecule has 1 N–H and O–H groups in total. The maximum absolute atomic E-state index is 13.1. The van der Waals surface area contributed by atoms with Gasteiger partial charge in [0.25, 0.3) is 11.7 Å². The second-order valence-corrected chi connectivity index (χ2v) is 8.77. The molecule has 4 heterocycles. The molecule has 2 unspecified atom stereocenters. The molecule has 0 radical (unpaired) electrons. The lowest BCUT2D eigenvalue weighted by atomic mass is 9.95. The van der Waals surface area contributed by atoms with Gasteiger partial charge in [0.05, 0.1) is 18.2 Å². The van der Waals surface area contributed by atoms with E-state index in [1.54, 1.807) is 36.7 Å². The van der Waals surface area contributed by atoms with Crippen LogP contribution in [0.3, 0.4) is 0 Å². The monoisotopic (exact) mass is 432 g/mol. The first-order valence-electron chi connectivity index (χ1n) is 10.0. The van der Waals surface area contributed by atoms with Crippen molar-refractivity contribution in [2.45, 2.75) is 32.0 Å². The molecule has 2 aliphatic rings. The number of benzene rings is 1. The molecular weight excluding hydrogens is 412 g/mol. The highest BCUT2D eigenvalue weighted by Crippen LogP contribution is 2.41. The molecule has 7 heteroatoms. The van der Waals surface area contributed by atoms with Gasteiger partial charge in [-0.15, -0.1) is 11.3 Å². The van der Waals surface area contributed by atoms with Crippen LogP contribution in [0.15, 0.2) is 65.8 Å². The number of thiophene rings is 1. The number of aliphatic hydroxyl groups excluding tert-OH is 1. The minimum Gasteiger partial charge on any atom is -0.507 e. The Morgan fingerprint density at radius 1 is 1.23 bits per heavy atom. The van der Waals surface area contributed by atoms with Gasteiger partial charge >= 0.3 is 0 Å². The summed E-state index contributed by atoms with van der Waals surface area (Å²) in [6.07, 6.45) is 4.04. The Kier molecular flexibility index (Phi) is 4.82. The molecule has 0 spiro atoms. The van der Waals surface area contributed by atoms with Crippen LogP contribution in [-0.4, -0.2) is 32.8 Å². The van der Waals surface area contributed by atoms with Crippen LogP contribution in [-0.2, 0) is 22.6 Å². The largest absolute Gasteiger partial charge is 0.507 e.